The second-order valence-corrected chi connectivity index (χ2v) is 6.92. The Morgan fingerprint density at radius 2 is 1.55 bits per heavy atom. The summed E-state index contributed by atoms with van der Waals surface area (Å²) in [6.07, 6.45) is 1.68. The van der Waals surface area contributed by atoms with E-state index in [1.165, 1.54) is 4.90 Å². The number of imide groups is 1. The van der Waals surface area contributed by atoms with Crippen LogP contribution < -0.4 is 9.64 Å². The lowest BCUT2D eigenvalue weighted by Crippen LogP contribution is -2.29. The first kappa shape index (κ1) is 17.1. The first-order chi connectivity index (χ1) is 14.1. The number of carbonyl (C=O) groups is 2. The van der Waals surface area contributed by atoms with Gasteiger partial charge in [0, 0.05) is 11.6 Å². The SMILES string of the molecule is Cc1ccc(Oc2ccc3c(c2)C(=O)N(c2cccc4ncccc24)C3=O)cc1. The summed E-state index contributed by atoms with van der Waals surface area (Å²) in [7, 11) is 0. The number of anilines is 1. The lowest BCUT2D eigenvalue weighted by atomic mass is 10.1. The lowest BCUT2D eigenvalue weighted by molar-refractivity contribution is 0.0926. The summed E-state index contributed by atoms with van der Waals surface area (Å²) < 4.78 is 5.86. The molecule has 140 valence electrons. The van der Waals surface area contributed by atoms with Crippen molar-refractivity contribution in [3.05, 3.63) is 95.7 Å². The van der Waals surface area contributed by atoms with Gasteiger partial charge in [-0.25, -0.2) is 4.90 Å². The molecule has 0 saturated heterocycles. The Morgan fingerprint density at radius 1 is 0.793 bits per heavy atom. The highest BCUT2D eigenvalue weighted by molar-refractivity contribution is 6.36. The van der Waals surface area contributed by atoms with E-state index in [1.807, 2.05) is 43.3 Å². The average molecular weight is 380 g/mol. The van der Waals surface area contributed by atoms with Gasteiger partial charge in [-0.3, -0.25) is 14.6 Å². The zero-order valence-electron chi connectivity index (χ0n) is 15.6. The predicted octanol–water partition coefficient (Wildman–Crippen LogP) is 5.14. The summed E-state index contributed by atoms with van der Waals surface area (Å²) >= 11 is 0. The summed E-state index contributed by atoms with van der Waals surface area (Å²) in [6.45, 7) is 2.00. The van der Waals surface area contributed by atoms with Crippen LogP contribution in [0.1, 0.15) is 26.3 Å². The van der Waals surface area contributed by atoms with Crippen molar-refractivity contribution in [2.45, 2.75) is 6.92 Å². The number of rotatable bonds is 3. The summed E-state index contributed by atoms with van der Waals surface area (Å²) in [6, 6.07) is 21.7. The fourth-order valence-corrected chi connectivity index (χ4v) is 3.53. The van der Waals surface area contributed by atoms with Gasteiger partial charge in [0.15, 0.2) is 0 Å². The number of amides is 2. The third-order valence-corrected chi connectivity index (χ3v) is 4.98. The van der Waals surface area contributed by atoms with Crippen molar-refractivity contribution >= 4 is 28.4 Å². The van der Waals surface area contributed by atoms with Crippen LogP contribution in [-0.2, 0) is 0 Å². The maximum atomic E-state index is 13.1. The number of nitrogens with zero attached hydrogens (tertiary/aromatic N) is 2. The minimum absolute atomic E-state index is 0.334. The van der Waals surface area contributed by atoms with Crippen LogP contribution >= 0.6 is 0 Å². The maximum absolute atomic E-state index is 13.1. The van der Waals surface area contributed by atoms with Crippen LogP contribution in [0.3, 0.4) is 0 Å². The molecule has 1 aromatic heterocycles. The Kier molecular flexibility index (Phi) is 3.88. The van der Waals surface area contributed by atoms with E-state index in [9.17, 15) is 9.59 Å². The maximum Gasteiger partial charge on any atom is 0.266 e. The molecule has 2 heterocycles. The molecule has 0 N–H and O–H groups in total. The number of fused-ring (bicyclic) bond motifs is 2. The molecule has 29 heavy (non-hydrogen) atoms. The molecule has 5 rings (SSSR count). The Hall–Kier alpha value is -3.99. The van der Waals surface area contributed by atoms with E-state index in [0.29, 0.717) is 28.3 Å². The minimum atomic E-state index is -0.365. The molecule has 0 atom stereocenters. The van der Waals surface area contributed by atoms with Crippen LogP contribution in [0.25, 0.3) is 10.9 Å². The summed E-state index contributed by atoms with van der Waals surface area (Å²) in [4.78, 5) is 31.7. The number of hydrogen-bond acceptors (Lipinski definition) is 4. The highest BCUT2D eigenvalue weighted by atomic mass is 16.5. The van der Waals surface area contributed by atoms with E-state index in [4.69, 9.17) is 4.74 Å². The molecule has 0 aliphatic carbocycles. The van der Waals surface area contributed by atoms with E-state index < -0.39 is 0 Å². The quantitative estimate of drug-likeness (QED) is 0.462. The van der Waals surface area contributed by atoms with E-state index in [-0.39, 0.29) is 11.8 Å². The minimum Gasteiger partial charge on any atom is -0.457 e. The average Bonchev–Trinajstić information content (AvgIpc) is 2.99. The molecule has 1 aliphatic heterocycles. The topological polar surface area (TPSA) is 59.5 Å². The second kappa shape index (κ2) is 6.56. The van der Waals surface area contributed by atoms with Gasteiger partial charge in [0.2, 0.25) is 0 Å². The van der Waals surface area contributed by atoms with Gasteiger partial charge in [-0.15, -0.1) is 0 Å². The van der Waals surface area contributed by atoms with Crippen molar-refractivity contribution in [1.29, 1.82) is 0 Å². The zero-order chi connectivity index (χ0) is 20.0. The van der Waals surface area contributed by atoms with Crippen molar-refractivity contribution in [3.8, 4) is 11.5 Å². The number of aromatic nitrogens is 1. The highest BCUT2D eigenvalue weighted by Crippen LogP contribution is 2.35. The van der Waals surface area contributed by atoms with Gasteiger partial charge in [0.05, 0.1) is 22.3 Å². The van der Waals surface area contributed by atoms with Crippen LogP contribution in [-0.4, -0.2) is 16.8 Å². The number of pyridine rings is 1. The molecule has 2 amide bonds. The normalized spacial score (nSPS) is 13.1. The van der Waals surface area contributed by atoms with Gasteiger partial charge in [-0.2, -0.15) is 0 Å². The standard InChI is InChI=1S/C24H16N2O3/c1-15-7-9-16(10-8-15)29-17-11-12-18-20(14-17)24(28)26(23(18)27)22-6-2-5-21-19(22)4-3-13-25-21/h2-14H,1H3. The smallest absolute Gasteiger partial charge is 0.266 e. The van der Waals surface area contributed by atoms with Crippen molar-refractivity contribution < 1.29 is 14.3 Å². The molecule has 0 unspecified atom stereocenters. The Labute approximate surface area is 167 Å². The van der Waals surface area contributed by atoms with Gasteiger partial charge in [0.25, 0.3) is 11.8 Å². The van der Waals surface area contributed by atoms with Crippen molar-refractivity contribution in [1.82, 2.24) is 4.98 Å². The monoisotopic (exact) mass is 380 g/mol. The molecule has 3 aromatic carbocycles. The van der Waals surface area contributed by atoms with E-state index in [1.54, 1.807) is 42.6 Å². The lowest BCUT2D eigenvalue weighted by Gasteiger charge is -2.16. The van der Waals surface area contributed by atoms with Crippen LogP contribution in [0.2, 0.25) is 0 Å². The molecule has 1 aliphatic rings. The fourth-order valence-electron chi connectivity index (χ4n) is 3.53. The fraction of sp³-hybridized carbons (Fsp3) is 0.0417. The van der Waals surface area contributed by atoms with Gasteiger partial charge in [-0.1, -0.05) is 23.8 Å². The van der Waals surface area contributed by atoms with Gasteiger partial charge >= 0.3 is 0 Å². The number of benzene rings is 3. The van der Waals surface area contributed by atoms with Gasteiger partial charge < -0.3 is 4.74 Å². The third kappa shape index (κ3) is 2.84. The van der Waals surface area contributed by atoms with Crippen molar-refractivity contribution in [2.24, 2.45) is 0 Å². The summed E-state index contributed by atoms with van der Waals surface area (Å²) in [5.74, 6) is 0.471. The first-order valence-electron chi connectivity index (χ1n) is 9.23. The van der Waals surface area contributed by atoms with Crippen LogP contribution in [0.4, 0.5) is 5.69 Å². The Bertz CT molecular complexity index is 1270. The number of ether oxygens (including phenoxy) is 1. The van der Waals surface area contributed by atoms with E-state index >= 15 is 0 Å². The molecular formula is C24H16N2O3. The second-order valence-electron chi connectivity index (χ2n) is 6.92. The summed E-state index contributed by atoms with van der Waals surface area (Å²) in [5.41, 5.74) is 3.09. The number of aryl methyl sites for hydroxylation is 1. The molecular weight excluding hydrogens is 364 g/mol. The van der Waals surface area contributed by atoms with Crippen molar-refractivity contribution in [3.63, 3.8) is 0 Å². The van der Waals surface area contributed by atoms with Gasteiger partial charge in [0.1, 0.15) is 11.5 Å². The highest BCUT2D eigenvalue weighted by Gasteiger charge is 2.37. The molecule has 0 saturated carbocycles. The van der Waals surface area contributed by atoms with Gasteiger partial charge in [-0.05, 0) is 61.5 Å². The molecule has 4 aromatic rings. The van der Waals surface area contributed by atoms with Crippen LogP contribution in [0.15, 0.2) is 79.0 Å². The Morgan fingerprint density at radius 3 is 2.38 bits per heavy atom. The number of carbonyl (C=O) groups excluding carboxylic acids is 2. The first-order valence-corrected chi connectivity index (χ1v) is 9.23. The molecule has 5 heteroatoms. The third-order valence-electron chi connectivity index (χ3n) is 4.98. The molecule has 5 nitrogen and oxygen atoms in total. The van der Waals surface area contributed by atoms with E-state index in [2.05, 4.69) is 4.98 Å². The molecule has 0 spiro atoms. The largest absolute Gasteiger partial charge is 0.457 e. The Balaban J connectivity index is 1.53. The van der Waals surface area contributed by atoms with Crippen LogP contribution in [0, 0.1) is 6.92 Å². The molecule has 0 bridgehead atoms. The molecule has 0 fully saturated rings. The van der Waals surface area contributed by atoms with Crippen LogP contribution in [0.5, 0.6) is 11.5 Å². The summed E-state index contributed by atoms with van der Waals surface area (Å²) in [5, 5.41) is 0.751. The predicted molar refractivity (Wildman–Crippen MR) is 111 cm³/mol. The van der Waals surface area contributed by atoms with E-state index in [0.717, 1.165) is 16.5 Å². The van der Waals surface area contributed by atoms with Crippen molar-refractivity contribution in [2.75, 3.05) is 4.90 Å². The number of hydrogen-bond donors (Lipinski definition) is 0. The molecule has 0 radical (unpaired) electrons. The zero-order valence-corrected chi connectivity index (χ0v) is 15.6.